The Balaban J connectivity index is 2.15. The Hall–Kier alpha value is -2.04. The van der Waals surface area contributed by atoms with Gasteiger partial charge in [-0.25, -0.2) is 4.79 Å². The molecular weight excluding hydrogens is 256 g/mol. The summed E-state index contributed by atoms with van der Waals surface area (Å²) in [4.78, 5) is 25.0. The predicted octanol–water partition coefficient (Wildman–Crippen LogP) is 1.66. The van der Waals surface area contributed by atoms with Gasteiger partial charge in [0, 0.05) is 26.1 Å². The van der Waals surface area contributed by atoms with Gasteiger partial charge in [-0.1, -0.05) is 11.6 Å². The Morgan fingerprint density at radius 1 is 1.30 bits per heavy atom. The largest absolute Gasteiger partial charge is 0.478 e. The SMILES string of the molecule is CNC(=O)C1CCN(c2ccc(C)cc2C(=O)O)CC1. The van der Waals surface area contributed by atoms with Gasteiger partial charge in [0.1, 0.15) is 0 Å². The van der Waals surface area contributed by atoms with E-state index in [1.165, 1.54) is 0 Å². The molecule has 0 aromatic heterocycles. The monoisotopic (exact) mass is 276 g/mol. The molecule has 0 saturated carbocycles. The highest BCUT2D eigenvalue weighted by Gasteiger charge is 2.26. The zero-order valence-electron chi connectivity index (χ0n) is 11.8. The van der Waals surface area contributed by atoms with E-state index in [2.05, 4.69) is 10.2 Å². The van der Waals surface area contributed by atoms with Crippen LogP contribution in [-0.4, -0.2) is 37.1 Å². The highest BCUT2D eigenvalue weighted by atomic mass is 16.4. The van der Waals surface area contributed by atoms with Crippen LogP contribution >= 0.6 is 0 Å². The van der Waals surface area contributed by atoms with E-state index in [0.29, 0.717) is 18.7 Å². The smallest absolute Gasteiger partial charge is 0.337 e. The topological polar surface area (TPSA) is 69.6 Å². The van der Waals surface area contributed by atoms with Gasteiger partial charge in [-0.15, -0.1) is 0 Å². The number of carboxylic acids is 1. The Labute approximate surface area is 118 Å². The van der Waals surface area contributed by atoms with Gasteiger partial charge in [0.15, 0.2) is 0 Å². The van der Waals surface area contributed by atoms with Gasteiger partial charge in [-0.3, -0.25) is 4.79 Å². The number of nitrogens with one attached hydrogen (secondary N) is 1. The van der Waals surface area contributed by atoms with Crippen molar-refractivity contribution in [2.24, 2.45) is 5.92 Å². The van der Waals surface area contributed by atoms with Gasteiger partial charge in [0.05, 0.1) is 11.3 Å². The highest BCUT2D eigenvalue weighted by molar-refractivity contribution is 5.94. The zero-order chi connectivity index (χ0) is 14.7. The third-order valence-corrected chi connectivity index (χ3v) is 3.84. The molecule has 0 aliphatic carbocycles. The van der Waals surface area contributed by atoms with Crippen LogP contribution in [0.25, 0.3) is 0 Å². The molecule has 1 aliphatic rings. The van der Waals surface area contributed by atoms with E-state index in [4.69, 9.17) is 0 Å². The summed E-state index contributed by atoms with van der Waals surface area (Å²) in [5.74, 6) is -0.792. The summed E-state index contributed by atoms with van der Waals surface area (Å²) in [7, 11) is 1.65. The average molecular weight is 276 g/mol. The second-order valence-corrected chi connectivity index (χ2v) is 5.20. The first-order valence-corrected chi connectivity index (χ1v) is 6.83. The third-order valence-electron chi connectivity index (χ3n) is 3.84. The van der Waals surface area contributed by atoms with Crippen LogP contribution in [0.15, 0.2) is 18.2 Å². The highest BCUT2D eigenvalue weighted by Crippen LogP contribution is 2.27. The molecule has 1 saturated heterocycles. The molecule has 2 rings (SSSR count). The quantitative estimate of drug-likeness (QED) is 0.881. The van der Waals surface area contributed by atoms with Gasteiger partial charge in [0.25, 0.3) is 0 Å². The molecule has 0 atom stereocenters. The minimum atomic E-state index is -0.905. The molecule has 20 heavy (non-hydrogen) atoms. The normalized spacial score (nSPS) is 16.0. The Kier molecular flexibility index (Phi) is 4.27. The molecule has 2 N–H and O–H groups in total. The van der Waals surface area contributed by atoms with E-state index in [9.17, 15) is 14.7 Å². The van der Waals surface area contributed by atoms with Crippen LogP contribution in [0.5, 0.6) is 0 Å². The molecule has 0 radical (unpaired) electrons. The molecule has 1 aromatic rings. The lowest BCUT2D eigenvalue weighted by Crippen LogP contribution is -2.40. The van der Waals surface area contributed by atoms with E-state index >= 15 is 0 Å². The molecule has 0 unspecified atom stereocenters. The summed E-state index contributed by atoms with van der Waals surface area (Å²) in [6.07, 6.45) is 1.51. The van der Waals surface area contributed by atoms with Crippen LogP contribution in [0.3, 0.4) is 0 Å². The summed E-state index contributed by atoms with van der Waals surface area (Å²) in [5, 5.41) is 12.0. The Morgan fingerprint density at radius 3 is 2.50 bits per heavy atom. The maximum Gasteiger partial charge on any atom is 0.337 e. The van der Waals surface area contributed by atoms with E-state index in [1.807, 2.05) is 19.1 Å². The van der Waals surface area contributed by atoms with Gasteiger partial charge >= 0.3 is 5.97 Å². The van der Waals surface area contributed by atoms with Crippen molar-refractivity contribution in [3.8, 4) is 0 Å². The standard InChI is InChI=1S/C15H20N2O3/c1-10-3-4-13(12(9-10)15(19)20)17-7-5-11(6-8-17)14(18)16-2/h3-4,9,11H,5-8H2,1-2H3,(H,16,18)(H,19,20). The van der Waals surface area contributed by atoms with Crippen LogP contribution in [0.4, 0.5) is 5.69 Å². The number of carbonyl (C=O) groups is 2. The number of hydrogen-bond donors (Lipinski definition) is 2. The van der Waals surface area contributed by atoms with Crippen LogP contribution in [0.2, 0.25) is 0 Å². The van der Waals surface area contributed by atoms with E-state index in [0.717, 1.165) is 24.1 Å². The van der Waals surface area contributed by atoms with Crippen molar-refractivity contribution in [1.82, 2.24) is 5.32 Å². The molecule has 1 fully saturated rings. The maximum atomic E-state index is 11.6. The van der Waals surface area contributed by atoms with Crippen molar-refractivity contribution in [3.63, 3.8) is 0 Å². The van der Waals surface area contributed by atoms with Crippen molar-refractivity contribution in [3.05, 3.63) is 29.3 Å². The predicted molar refractivity (Wildman–Crippen MR) is 77.1 cm³/mol. The second-order valence-electron chi connectivity index (χ2n) is 5.20. The fourth-order valence-corrected chi connectivity index (χ4v) is 2.68. The third kappa shape index (κ3) is 2.92. The summed E-state index contributed by atoms with van der Waals surface area (Å²) < 4.78 is 0. The lowest BCUT2D eigenvalue weighted by atomic mass is 9.95. The lowest BCUT2D eigenvalue weighted by molar-refractivity contribution is -0.125. The second kappa shape index (κ2) is 5.94. The summed E-state index contributed by atoms with van der Waals surface area (Å²) in [6, 6.07) is 5.48. The Bertz CT molecular complexity index is 520. The van der Waals surface area contributed by atoms with E-state index in [-0.39, 0.29) is 11.8 Å². The minimum absolute atomic E-state index is 0.0370. The van der Waals surface area contributed by atoms with Crippen LogP contribution < -0.4 is 10.2 Å². The van der Waals surface area contributed by atoms with Crippen molar-refractivity contribution in [1.29, 1.82) is 0 Å². The van der Waals surface area contributed by atoms with Crippen molar-refractivity contribution in [2.45, 2.75) is 19.8 Å². The molecule has 1 aromatic carbocycles. The number of amides is 1. The summed E-state index contributed by atoms with van der Waals surface area (Å²) >= 11 is 0. The van der Waals surface area contributed by atoms with Gasteiger partial charge < -0.3 is 15.3 Å². The fourth-order valence-electron chi connectivity index (χ4n) is 2.68. The molecule has 0 bridgehead atoms. The van der Waals surface area contributed by atoms with Crippen LogP contribution in [0, 0.1) is 12.8 Å². The number of carboxylic acid groups (broad SMARTS) is 1. The van der Waals surface area contributed by atoms with Gasteiger partial charge in [0.2, 0.25) is 5.91 Å². The number of aromatic carboxylic acids is 1. The number of aryl methyl sites for hydroxylation is 1. The molecule has 108 valence electrons. The van der Waals surface area contributed by atoms with E-state index in [1.54, 1.807) is 13.1 Å². The minimum Gasteiger partial charge on any atom is -0.478 e. The van der Waals surface area contributed by atoms with Crippen molar-refractivity contribution in [2.75, 3.05) is 25.0 Å². The molecule has 5 heteroatoms. The van der Waals surface area contributed by atoms with Crippen molar-refractivity contribution < 1.29 is 14.7 Å². The summed E-state index contributed by atoms with van der Waals surface area (Å²) in [6.45, 7) is 3.30. The van der Waals surface area contributed by atoms with Gasteiger partial charge in [-0.2, -0.15) is 0 Å². The first-order chi connectivity index (χ1) is 9.52. The number of benzene rings is 1. The molecule has 0 spiro atoms. The number of carbonyl (C=O) groups excluding carboxylic acids is 1. The number of rotatable bonds is 3. The number of nitrogens with zero attached hydrogens (tertiary/aromatic N) is 1. The lowest BCUT2D eigenvalue weighted by Gasteiger charge is -2.33. The van der Waals surface area contributed by atoms with Crippen LogP contribution in [-0.2, 0) is 4.79 Å². The molecule has 1 aliphatic heterocycles. The fraction of sp³-hybridized carbons (Fsp3) is 0.467. The number of piperidine rings is 1. The first kappa shape index (κ1) is 14.4. The molecular formula is C15H20N2O3. The molecule has 1 heterocycles. The number of hydrogen-bond acceptors (Lipinski definition) is 3. The number of anilines is 1. The zero-order valence-corrected chi connectivity index (χ0v) is 11.8. The Morgan fingerprint density at radius 2 is 1.95 bits per heavy atom. The summed E-state index contributed by atoms with van der Waals surface area (Å²) in [5.41, 5.74) is 2.02. The first-order valence-electron chi connectivity index (χ1n) is 6.83. The average Bonchev–Trinajstić information content (AvgIpc) is 2.46. The molecule has 5 nitrogen and oxygen atoms in total. The van der Waals surface area contributed by atoms with E-state index < -0.39 is 5.97 Å². The maximum absolute atomic E-state index is 11.6. The molecule has 1 amide bonds. The van der Waals surface area contributed by atoms with Crippen LogP contribution in [0.1, 0.15) is 28.8 Å². The van der Waals surface area contributed by atoms with Crippen molar-refractivity contribution >= 4 is 17.6 Å². The van der Waals surface area contributed by atoms with Gasteiger partial charge in [-0.05, 0) is 31.9 Å².